The number of hydrogen-bond acceptors (Lipinski definition) is 3. The number of aliphatic carboxylic acids is 1. The fraction of sp³-hybridized carbons (Fsp3) is 0.231. The molecule has 0 unspecified atom stereocenters. The van der Waals surface area contributed by atoms with E-state index < -0.39 is 5.97 Å². The Morgan fingerprint density at radius 2 is 2.00 bits per heavy atom. The van der Waals surface area contributed by atoms with Gasteiger partial charge in [0.05, 0.1) is 0 Å². The molecule has 0 spiro atoms. The van der Waals surface area contributed by atoms with E-state index in [1.54, 1.807) is 0 Å². The Hall–Kier alpha value is -2.10. The lowest BCUT2D eigenvalue weighted by molar-refractivity contribution is -0.129. The van der Waals surface area contributed by atoms with E-state index >= 15 is 0 Å². The summed E-state index contributed by atoms with van der Waals surface area (Å²) < 4.78 is 0. The SMILES string of the molecule is C/C(=N/OC/C=C(\C)c1ccccc1)C(=O)O. The molecule has 1 N–H and O–H groups in total. The zero-order chi connectivity index (χ0) is 12.7. The maximum atomic E-state index is 10.4. The van der Waals surface area contributed by atoms with Crippen LogP contribution in [-0.4, -0.2) is 23.4 Å². The van der Waals surface area contributed by atoms with Crippen molar-refractivity contribution < 1.29 is 14.7 Å². The van der Waals surface area contributed by atoms with Crippen molar-refractivity contribution in [1.29, 1.82) is 0 Å². The Morgan fingerprint density at radius 3 is 2.59 bits per heavy atom. The topological polar surface area (TPSA) is 58.9 Å². The molecule has 0 bridgehead atoms. The minimum Gasteiger partial charge on any atom is -0.477 e. The predicted octanol–water partition coefficient (Wildman–Crippen LogP) is 2.57. The quantitative estimate of drug-likeness (QED) is 0.483. The number of benzene rings is 1. The third kappa shape index (κ3) is 4.51. The lowest BCUT2D eigenvalue weighted by atomic mass is 10.1. The molecule has 0 amide bonds. The predicted molar refractivity (Wildman–Crippen MR) is 66.8 cm³/mol. The number of carboxylic acid groups (broad SMARTS) is 1. The van der Waals surface area contributed by atoms with Crippen LogP contribution in [0.3, 0.4) is 0 Å². The largest absolute Gasteiger partial charge is 0.477 e. The summed E-state index contributed by atoms with van der Waals surface area (Å²) in [5.41, 5.74) is 2.11. The van der Waals surface area contributed by atoms with E-state index in [1.165, 1.54) is 6.92 Å². The van der Waals surface area contributed by atoms with E-state index in [9.17, 15) is 4.79 Å². The molecule has 0 aliphatic heterocycles. The molecular formula is C13H15NO3. The van der Waals surface area contributed by atoms with Gasteiger partial charge in [0.1, 0.15) is 6.61 Å². The first-order chi connectivity index (χ1) is 8.11. The van der Waals surface area contributed by atoms with Crippen LogP contribution in [0.25, 0.3) is 5.57 Å². The van der Waals surface area contributed by atoms with Crippen molar-refractivity contribution in [3.63, 3.8) is 0 Å². The standard InChI is InChI=1S/C13H15NO3/c1-10(12-6-4-3-5-7-12)8-9-17-14-11(2)13(15)16/h3-8H,9H2,1-2H3,(H,15,16)/b10-8+,14-11-. The van der Waals surface area contributed by atoms with E-state index in [4.69, 9.17) is 9.94 Å². The monoisotopic (exact) mass is 233 g/mol. The molecule has 17 heavy (non-hydrogen) atoms. The summed E-state index contributed by atoms with van der Waals surface area (Å²) in [6, 6.07) is 9.86. The van der Waals surface area contributed by atoms with Crippen LogP contribution in [0.1, 0.15) is 19.4 Å². The number of hydrogen-bond donors (Lipinski definition) is 1. The summed E-state index contributed by atoms with van der Waals surface area (Å²) in [7, 11) is 0. The molecule has 0 saturated carbocycles. The smallest absolute Gasteiger partial charge is 0.353 e. The Balaban J connectivity index is 2.50. The molecule has 0 atom stereocenters. The average Bonchev–Trinajstić information content (AvgIpc) is 2.35. The van der Waals surface area contributed by atoms with Gasteiger partial charge in [-0.15, -0.1) is 0 Å². The zero-order valence-corrected chi connectivity index (χ0v) is 9.88. The van der Waals surface area contributed by atoms with Gasteiger partial charge in [-0.05, 0) is 31.1 Å². The van der Waals surface area contributed by atoms with Crippen LogP contribution in [0.15, 0.2) is 41.6 Å². The summed E-state index contributed by atoms with van der Waals surface area (Å²) >= 11 is 0. The van der Waals surface area contributed by atoms with Gasteiger partial charge in [-0.2, -0.15) is 0 Å². The Morgan fingerprint density at radius 1 is 1.35 bits per heavy atom. The summed E-state index contributed by atoms with van der Waals surface area (Å²) in [4.78, 5) is 15.3. The molecule has 0 radical (unpaired) electrons. The second kappa shape index (κ2) is 6.48. The number of nitrogens with zero attached hydrogens (tertiary/aromatic N) is 1. The number of carbonyl (C=O) groups is 1. The van der Waals surface area contributed by atoms with Crippen LogP contribution in [0, 0.1) is 0 Å². The van der Waals surface area contributed by atoms with E-state index in [2.05, 4.69) is 5.16 Å². The van der Waals surface area contributed by atoms with Crippen molar-refractivity contribution in [3.8, 4) is 0 Å². The van der Waals surface area contributed by atoms with E-state index in [-0.39, 0.29) is 12.3 Å². The fourth-order valence-corrected chi connectivity index (χ4v) is 1.15. The molecule has 4 heteroatoms. The first kappa shape index (κ1) is 13.0. The molecule has 0 aliphatic carbocycles. The summed E-state index contributed by atoms with van der Waals surface area (Å²) in [5.74, 6) is -1.08. The molecule has 1 aromatic rings. The second-order valence-corrected chi connectivity index (χ2v) is 3.53. The molecule has 0 saturated heterocycles. The Kier molecular flexibility index (Phi) is 4.94. The fourth-order valence-electron chi connectivity index (χ4n) is 1.15. The third-order valence-corrected chi connectivity index (χ3v) is 2.20. The second-order valence-electron chi connectivity index (χ2n) is 3.53. The molecule has 0 fully saturated rings. The van der Waals surface area contributed by atoms with E-state index in [0.717, 1.165) is 11.1 Å². The van der Waals surface area contributed by atoms with Crippen LogP contribution < -0.4 is 0 Å². The van der Waals surface area contributed by atoms with Gasteiger partial charge in [0.15, 0.2) is 5.71 Å². The third-order valence-electron chi connectivity index (χ3n) is 2.20. The summed E-state index contributed by atoms with van der Waals surface area (Å²) in [6.07, 6.45) is 1.86. The number of oxime groups is 1. The van der Waals surface area contributed by atoms with Crippen LogP contribution in [0.2, 0.25) is 0 Å². The van der Waals surface area contributed by atoms with Crippen molar-refractivity contribution in [2.45, 2.75) is 13.8 Å². The van der Waals surface area contributed by atoms with Gasteiger partial charge in [-0.3, -0.25) is 0 Å². The highest BCUT2D eigenvalue weighted by Crippen LogP contribution is 2.12. The number of rotatable bonds is 5. The minimum atomic E-state index is -1.08. The van der Waals surface area contributed by atoms with Gasteiger partial charge in [-0.25, -0.2) is 4.79 Å². The zero-order valence-electron chi connectivity index (χ0n) is 9.88. The van der Waals surface area contributed by atoms with Crippen LogP contribution in [-0.2, 0) is 9.63 Å². The van der Waals surface area contributed by atoms with Crippen molar-refractivity contribution in [2.24, 2.45) is 5.16 Å². The lowest BCUT2D eigenvalue weighted by Gasteiger charge is -2.01. The van der Waals surface area contributed by atoms with Gasteiger partial charge in [0.2, 0.25) is 0 Å². The first-order valence-electron chi connectivity index (χ1n) is 5.23. The molecule has 0 aromatic heterocycles. The molecule has 1 rings (SSSR count). The van der Waals surface area contributed by atoms with E-state index in [0.29, 0.717) is 0 Å². The number of allylic oxidation sites excluding steroid dienone is 1. The van der Waals surface area contributed by atoms with Gasteiger partial charge >= 0.3 is 5.97 Å². The molecular weight excluding hydrogens is 218 g/mol. The van der Waals surface area contributed by atoms with Crippen molar-refractivity contribution in [3.05, 3.63) is 42.0 Å². The Labute approximate surface area is 100 Å². The maximum absolute atomic E-state index is 10.4. The lowest BCUT2D eigenvalue weighted by Crippen LogP contribution is -2.08. The van der Waals surface area contributed by atoms with Crippen molar-refractivity contribution in [2.75, 3.05) is 6.61 Å². The minimum absolute atomic E-state index is 0.0595. The molecule has 0 aliphatic rings. The van der Waals surface area contributed by atoms with Crippen molar-refractivity contribution >= 4 is 17.3 Å². The maximum Gasteiger partial charge on any atom is 0.353 e. The molecule has 0 heterocycles. The van der Waals surface area contributed by atoms with Gasteiger partial charge in [0, 0.05) is 0 Å². The van der Waals surface area contributed by atoms with E-state index in [1.807, 2.05) is 43.3 Å². The average molecular weight is 233 g/mol. The molecule has 90 valence electrons. The van der Waals surface area contributed by atoms with Crippen molar-refractivity contribution in [1.82, 2.24) is 0 Å². The van der Waals surface area contributed by atoms with Crippen LogP contribution in [0.5, 0.6) is 0 Å². The van der Waals surface area contributed by atoms with Gasteiger partial charge < -0.3 is 9.94 Å². The van der Waals surface area contributed by atoms with Gasteiger partial charge in [0.25, 0.3) is 0 Å². The molecule has 4 nitrogen and oxygen atoms in total. The molecule has 1 aromatic carbocycles. The first-order valence-corrected chi connectivity index (χ1v) is 5.23. The normalized spacial score (nSPS) is 12.4. The van der Waals surface area contributed by atoms with Crippen LogP contribution in [0.4, 0.5) is 0 Å². The van der Waals surface area contributed by atoms with Gasteiger partial charge in [-0.1, -0.05) is 35.5 Å². The number of carboxylic acids is 1. The van der Waals surface area contributed by atoms with Crippen LogP contribution >= 0.6 is 0 Å². The highest BCUT2D eigenvalue weighted by molar-refractivity contribution is 6.34. The summed E-state index contributed by atoms with van der Waals surface area (Å²) in [6.45, 7) is 3.61. The highest BCUT2D eigenvalue weighted by atomic mass is 16.6. The highest BCUT2D eigenvalue weighted by Gasteiger charge is 2.00. The Bertz CT molecular complexity index is 435. The summed E-state index contributed by atoms with van der Waals surface area (Å²) in [5, 5.41) is 12.0.